The number of rotatable bonds is 1. The maximum atomic E-state index is 10.9. The average molecular weight is 172 g/mol. The monoisotopic (exact) mass is 172 g/mol. The van der Waals surface area contributed by atoms with Gasteiger partial charge in [0.25, 0.3) is 0 Å². The Morgan fingerprint density at radius 1 is 1.67 bits per heavy atom. The molecule has 1 fully saturated rings. The summed E-state index contributed by atoms with van der Waals surface area (Å²) in [5.41, 5.74) is -0.721. The summed E-state index contributed by atoms with van der Waals surface area (Å²) in [6, 6.07) is -0.713. The van der Waals surface area contributed by atoms with E-state index in [1.165, 1.54) is 0 Å². The minimum atomic E-state index is -0.944. The van der Waals surface area contributed by atoms with E-state index in [2.05, 4.69) is 10.6 Å². The van der Waals surface area contributed by atoms with Gasteiger partial charge in [0.15, 0.2) is 0 Å². The van der Waals surface area contributed by atoms with E-state index < -0.39 is 17.6 Å². The van der Waals surface area contributed by atoms with Crippen LogP contribution in [0.25, 0.3) is 0 Å². The Hall–Kier alpha value is -1.10. The molecule has 1 rings (SSSR count). The lowest BCUT2D eigenvalue weighted by Crippen LogP contribution is -2.67. The lowest BCUT2D eigenvalue weighted by Gasteiger charge is -2.37. The van der Waals surface area contributed by atoms with Gasteiger partial charge in [0, 0.05) is 0 Å². The minimum absolute atomic E-state index is 0.0698. The van der Waals surface area contributed by atoms with E-state index in [9.17, 15) is 9.59 Å². The number of piperazine rings is 1. The van der Waals surface area contributed by atoms with E-state index in [0.717, 1.165) is 0 Å². The highest BCUT2D eigenvalue weighted by Crippen LogP contribution is 2.12. The summed E-state index contributed by atoms with van der Waals surface area (Å²) < 4.78 is 0. The Bertz CT molecular complexity index is 225. The largest absolute Gasteiger partial charge is 0.480 e. The first-order chi connectivity index (χ1) is 5.43. The molecule has 1 amide bonds. The fourth-order valence-electron chi connectivity index (χ4n) is 1.32. The molecule has 0 aromatic carbocycles. The summed E-state index contributed by atoms with van der Waals surface area (Å²) in [5, 5.41) is 14.0. The summed E-state index contributed by atoms with van der Waals surface area (Å²) in [6.45, 7) is 3.42. The molecule has 5 heteroatoms. The Morgan fingerprint density at radius 3 is 2.67 bits per heavy atom. The molecule has 0 aromatic rings. The Labute approximate surface area is 70.1 Å². The highest BCUT2D eigenvalue weighted by atomic mass is 16.4. The highest BCUT2D eigenvalue weighted by Gasteiger charge is 2.39. The normalized spacial score (nSPS) is 27.8. The zero-order valence-electron chi connectivity index (χ0n) is 7.05. The number of carbonyl (C=O) groups excluding carboxylic acids is 1. The van der Waals surface area contributed by atoms with E-state index in [1.54, 1.807) is 13.8 Å². The van der Waals surface area contributed by atoms with Crippen LogP contribution in [0.15, 0.2) is 0 Å². The van der Waals surface area contributed by atoms with Gasteiger partial charge in [-0.15, -0.1) is 0 Å². The first kappa shape index (κ1) is 8.99. The first-order valence-corrected chi connectivity index (χ1v) is 3.70. The zero-order chi connectivity index (χ0) is 9.35. The van der Waals surface area contributed by atoms with Crippen molar-refractivity contribution in [3.63, 3.8) is 0 Å². The van der Waals surface area contributed by atoms with Gasteiger partial charge in [0.05, 0.1) is 12.1 Å². The molecule has 0 radical (unpaired) electrons. The molecule has 0 spiro atoms. The van der Waals surface area contributed by atoms with Crippen LogP contribution in [-0.2, 0) is 9.59 Å². The number of amides is 1. The second kappa shape index (κ2) is 2.75. The Kier molecular flexibility index (Phi) is 2.06. The molecular formula is C7H12N2O3. The van der Waals surface area contributed by atoms with Crippen molar-refractivity contribution in [2.45, 2.75) is 25.4 Å². The number of hydrogen-bond donors (Lipinski definition) is 3. The SMILES string of the molecule is CC1(C)NC(=O)CNC1C(=O)O. The van der Waals surface area contributed by atoms with Crippen LogP contribution >= 0.6 is 0 Å². The van der Waals surface area contributed by atoms with Crippen LogP contribution in [0.3, 0.4) is 0 Å². The predicted molar refractivity (Wildman–Crippen MR) is 41.6 cm³/mol. The summed E-state index contributed by atoms with van der Waals surface area (Å²) in [7, 11) is 0. The van der Waals surface area contributed by atoms with Crippen LogP contribution in [0, 0.1) is 0 Å². The molecule has 0 saturated carbocycles. The zero-order valence-corrected chi connectivity index (χ0v) is 7.05. The van der Waals surface area contributed by atoms with Crippen LogP contribution in [-0.4, -0.2) is 35.1 Å². The molecule has 12 heavy (non-hydrogen) atoms. The van der Waals surface area contributed by atoms with Gasteiger partial charge in [-0.2, -0.15) is 0 Å². The van der Waals surface area contributed by atoms with Gasteiger partial charge in [0.1, 0.15) is 6.04 Å². The van der Waals surface area contributed by atoms with Crippen LogP contribution < -0.4 is 10.6 Å². The number of carboxylic acid groups (broad SMARTS) is 1. The summed E-state index contributed by atoms with van der Waals surface area (Å²) in [5.74, 6) is -1.11. The molecule has 1 aliphatic rings. The smallest absolute Gasteiger partial charge is 0.323 e. The van der Waals surface area contributed by atoms with Crippen LogP contribution in [0.4, 0.5) is 0 Å². The van der Waals surface area contributed by atoms with Gasteiger partial charge in [-0.25, -0.2) is 0 Å². The second-order valence-electron chi connectivity index (χ2n) is 3.42. The maximum Gasteiger partial charge on any atom is 0.323 e. The summed E-state index contributed by atoms with van der Waals surface area (Å²) in [6.07, 6.45) is 0. The van der Waals surface area contributed by atoms with Gasteiger partial charge in [0.2, 0.25) is 5.91 Å². The van der Waals surface area contributed by atoms with Crippen molar-refractivity contribution in [2.75, 3.05) is 6.54 Å². The van der Waals surface area contributed by atoms with Gasteiger partial charge >= 0.3 is 5.97 Å². The fraction of sp³-hybridized carbons (Fsp3) is 0.714. The quantitative estimate of drug-likeness (QED) is 0.471. The molecule has 1 unspecified atom stereocenters. The molecule has 1 heterocycles. The van der Waals surface area contributed by atoms with E-state index in [4.69, 9.17) is 5.11 Å². The number of nitrogens with one attached hydrogen (secondary N) is 2. The summed E-state index contributed by atoms with van der Waals surface area (Å²) >= 11 is 0. The summed E-state index contributed by atoms with van der Waals surface area (Å²) in [4.78, 5) is 21.5. The van der Waals surface area contributed by atoms with Gasteiger partial charge < -0.3 is 10.4 Å². The minimum Gasteiger partial charge on any atom is -0.480 e. The Balaban J connectivity index is 2.77. The fourth-order valence-corrected chi connectivity index (χ4v) is 1.32. The van der Waals surface area contributed by atoms with Crippen molar-refractivity contribution in [3.8, 4) is 0 Å². The molecule has 1 aliphatic heterocycles. The van der Waals surface area contributed by atoms with Crippen molar-refractivity contribution in [1.82, 2.24) is 10.6 Å². The predicted octanol–water partition coefficient (Wildman–Crippen LogP) is -1.06. The Morgan fingerprint density at radius 2 is 2.25 bits per heavy atom. The van der Waals surface area contributed by atoms with Crippen molar-refractivity contribution < 1.29 is 14.7 Å². The van der Waals surface area contributed by atoms with Crippen molar-refractivity contribution in [3.05, 3.63) is 0 Å². The molecular weight excluding hydrogens is 160 g/mol. The third kappa shape index (κ3) is 1.55. The highest BCUT2D eigenvalue weighted by molar-refractivity contribution is 5.85. The molecule has 1 saturated heterocycles. The number of aliphatic carboxylic acids is 1. The van der Waals surface area contributed by atoms with Crippen molar-refractivity contribution >= 4 is 11.9 Å². The van der Waals surface area contributed by atoms with E-state index in [1.807, 2.05) is 0 Å². The van der Waals surface area contributed by atoms with Gasteiger partial charge in [-0.05, 0) is 13.8 Å². The van der Waals surface area contributed by atoms with Crippen LogP contribution in [0.5, 0.6) is 0 Å². The molecule has 3 N–H and O–H groups in total. The number of carbonyl (C=O) groups is 2. The van der Waals surface area contributed by atoms with Gasteiger partial charge in [-0.1, -0.05) is 0 Å². The molecule has 0 aromatic heterocycles. The van der Waals surface area contributed by atoms with E-state index in [0.29, 0.717) is 0 Å². The lowest BCUT2D eigenvalue weighted by molar-refractivity contribution is -0.143. The molecule has 0 bridgehead atoms. The molecule has 5 nitrogen and oxygen atoms in total. The topological polar surface area (TPSA) is 78.4 Å². The third-order valence-electron chi connectivity index (χ3n) is 1.90. The number of carboxylic acids is 1. The second-order valence-corrected chi connectivity index (χ2v) is 3.42. The maximum absolute atomic E-state index is 10.9. The molecule has 68 valence electrons. The molecule has 0 aliphatic carbocycles. The lowest BCUT2D eigenvalue weighted by atomic mass is 9.92. The number of hydrogen-bond acceptors (Lipinski definition) is 3. The van der Waals surface area contributed by atoms with E-state index in [-0.39, 0.29) is 12.5 Å². The van der Waals surface area contributed by atoms with Crippen molar-refractivity contribution in [2.24, 2.45) is 0 Å². The average Bonchev–Trinajstić information content (AvgIpc) is 1.82. The van der Waals surface area contributed by atoms with Crippen molar-refractivity contribution in [1.29, 1.82) is 0 Å². The third-order valence-corrected chi connectivity index (χ3v) is 1.90. The first-order valence-electron chi connectivity index (χ1n) is 3.70. The van der Waals surface area contributed by atoms with E-state index >= 15 is 0 Å². The standard InChI is InChI=1S/C7H12N2O3/c1-7(2)5(6(11)12)8-3-4(10)9-7/h5,8H,3H2,1-2H3,(H,9,10)(H,11,12). The van der Waals surface area contributed by atoms with Gasteiger partial charge in [-0.3, -0.25) is 14.9 Å². The van der Waals surface area contributed by atoms with Crippen LogP contribution in [0.2, 0.25) is 0 Å². The van der Waals surface area contributed by atoms with Crippen LogP contribution in [0.1, 0.15) is 13.8 Å². The molecule has 1 atom stereocenters.